The number of nitrogens with zero attached hydrogens (tertiary/aromatic N) is 1. The molecule has 0 amide bonds. The Morgan fingerprint density at radius 3 is 2.63 bits per heavy atom. The van der Waals surface area contributed by atoms with E-state index in [1.54, 1.807) is 19.9 Å². The summed E-state index contributed by atoms with van der Waals surface area (Å²) in [5.74, 6) is -1.56. The molecule has 1 aliphatic rings. The molecule has 0 aromatic carbocycles. The third-order valence-corrected chi connectivity index (χ3v) is 7.24. The van der Waals surface area contributed by atoms with Crippen molar-refractivity contribution in [3.63, 3.8) is 0 Å². The van der Waals surface area contributed by atoms with E-state index in [9.17, 15) is 13.2 Å². The summed E-state index contributed by atoms with van der Waals surface area (Å²) in [5.41, 5.74) is 0. The highest BCUT2D eigenvalue weighted by Crippen LogP contribution is 2.35. The van der Waals surface area contributed by atoms with Gasteiger partial charge in [-0.2, -0.15) is 4.31 Å². The minimum atomic E-state index is -3.61. The molecule has 1 aromatic rings. The standard InChI is InChI=1S/C11H14BrNO4S2/c1-6-8(11(14)15)3-4-13(6)19(16,17)9-5-10(12)18-7(9)2/h5-6,8H,3-4H2,1-2H3,(H,14,15). The summed E-state index contributed by atoms with van der Waals surface area (Å²) in [6, 6.07) is 1.07. The van der Waals surface area contributed by atoms with E-state index in [1.807, 2.05) is 0 Å². The Hall–Kier alpha value is -0.440. The Morgan fingerprint density at radius 2 is 2.21 bits per heavy atom. The van der Waals surface area contributed by atoms with Crippen LogP contribution in [0.15, 0.2) is 14.7 Å². The first-order chi connectivity index (χ1) is 8.75. The van der Waals surface area contributed by atoms with Crippen LogP contribution in [-0.4, -0.2) is 36.4 Å². The molecule has 2 heterocycles. The molecule has 0 aliphatic carbocycles. The van der Waals surface area contributed by atoms with Crippen molar-refractivity contribution in [2.24, 2.45) is 5.92 Å². The van der Waals surface area contributed by atoms with Gasteiger partial charge in [0.1, 0.15) is 0 Å². The van der Waals surface area contributed by atoms with E-state index in [2.05, 4.69) is 15.9 Å². The minimum absolute atomic E-state index is 0.257. The number of carboxylic acid groups (broad SMARTS) is 1. The number of aliphatic carboxylic acids is 1. The Bertz CT molecular complexity index is 610. The maximum atomic E-state index is 12.6. The second-order valence-electron chi connectivity index (χ2n) is 4.56. The molecular formula is C11H14BrNO4S2. The van der Waals surface area contributed by atoms with Crippen molar-refractivity contribution < 1.29 is 18.3 Å². The molecule has 0 saturated carbocycles. The predicted molar refractivity (Wildman–Crippen MR) is 75.9 cm³/mol. The van der Waals surface area contributed by atoms with Gasteiger partial charge in [0.2, 0.25) is 10.0 Å². The third-order valence-electron chi connectivity index (χ3n) is 3.44. The minimum Gasteiger partial charge on any atom is -0.481 e. The van der Waals surface area contributed by atoms with Crippen molar-refractivity contribution in [1.82, 2.24) is 4.31 Å². The zero-order valence-corrected chi connectivity index (χ0v) is 13.7. The Balaban J connectivity index is 2.37. The zero-order chi connectivity index (χ0) is 14.4. The number of sulfonamides is 1. The highest BCUT2D eigenvalue weighted by molar-refractivity contribution is 9.11. The smallest absolute Gasteiger partial charge is 0.308 e. The largest absolute Gasteiger partial charge is 0.481 e. The molecule has 2 unspecified atom stereocenters. The lowest BCUT2D eigenvalue weighted by Gasteiger charge is -2.22. The fraction of sp³-hybridized carbons (Fsp3) is 0.545. The first-order valence-electron chi connectivity index (χ1n) is 5.75. The van der Waals surface area contributed by atoms with Gasteiger partial charge in [0, 0.05) is 17.5 Å². The van der Waals surface area contributed by atoms with Crippen molar-refractivity contribution in [3.05, 3.63) is 14.7 Å². The van der Waals surface area contributed by atoms with Gasteiger partial charge in [-0.15, -0.1) is 11.3 Å². The number of carboxylic acids is 1. The van der Waals surface area contributed by atoms with Crippen molar-refractivity contribution in [1.29, 1.82) is 0 Å². The molecule has 1 saturated heterocycles. The van der Waals surface area contributed by atoms with Gasteiger partial charge >= 0.3 is 5.97 Å². The molecule has 0 spiro atoms. The van der Waals surface area contributed by atoms with Crippen LogP contribution in [0.2, 0.25) is 0 Å². The van der Waals surface area contributed by atoms with Crippen LogP contribution in [0, 0.1) is 12.8 Å². The number of carbonyl (C=O) groups is 1. The van der Waals surface area contributed by atoms with Crippen molar-refractivity contribution in [3.8, 4) is 0 Å². The fourth-order valence-electron chi connectivity index (χ4n) is 2.39. The van der Waals surface area contributed by atoms with Crippen LogP contribution in [0.3, 0.4) is 0 Å². The molecule has 2 atom stereocenters. The average Bonchev–Trinajstić information content (AvgIpc) is 2.82. The highest BCUT2D eigenvalue weighted by atomic mass is 79.9. The molecule has 5 nitrogen and oxygen atoms in total. The Morgan fingerprint density at radius 1 is 1.58 bits per heavy atom. The molecule has 2 rings (SSSR count). The summed E-state index contributed by atoms with van der Waals surface area (Å²) in [5, 5.41) is 9.07. The van der Waals surface area contributed by atoms with Crippen LogP contribution in [0.4, 0.5) is 0 Å². The molecule has 1 N–H and O–H groups in total. The van der Waals surface area contributed by atoms with Gasteiger partial charge in [0.05, 0.1) is 14.6 Å². The van der Waals surface area contributed by atoms with Gasteiger partial charge in [0.25, 0.3) is 0 Å². The lowest BCUT2D eigenvalue weighted by Crippen LogP contribution is -2.37. The van der Waals surface area contributed by atoms with E-state index in [0.717, 1.165) is 3.79 Å². The van der Waals surface area contributed by atoms with Crippen LogP contribution in [-0.2, 0) is 14.8 Å². The van der Waals surface area contributed by atoms with Gasteiger partial charge in [-0.1, -0.05) is 0 Å². The van der Waals surface area contributed by atoms with Crippen LogP contribution in [0.5, 0.6) is 0 Å². The second kappa shape index (κ2) is 5.16. The van der Waals surface area contributed by atoms with Gasteiger partial charge in [-0.25, -0.2) is 8.42 Å². The average molecular weight is 368 g/mol. The normalized spacial score (nSPS) is 24.8. The topological polar surface area (TPSA) is 74.7 Å². The highest BCUT2D eigenvalue weighted by Gasteiger charge is 2.42. The zero-order valence-electron chi connectivity index (χ0n) is 10.5. The van der Waals surface area contributed by atoms with Crippen LogP contribution in [0.25, 0.3) is 0 Å². The molecule has 8 heteroatoms. The first-order valence-corrected chi connectivity index (χ1v) is 8.80. The lowest BCUT2D eigenvalue weighted by atomic mass is 10.0. The number of rotatable bonds is 3. The molecular weight excluding hydrogens is 354 g/mol. The molecule has 0 bridgehead atoms. The third kappa shape index (κ3) is 2.58. The van der Waals surface area contributed by atoms with E-state index in [4.69, 9.17) is 5.11 Å². The summed E-state index contributed by atoms with van der Waals surface area (Å²) < 4.78 is 27.2. The Kier molecular flexibility index (Phi) is 4.06. The number of aryl methyl sites for hydroxylation is 1. The monoisotopic (exact) mass is 367 g/mol. The SMILES string of the molecule is Cc1sc(Br)cc1S(=O)(=O)N1CCC(C(=O)O)C1C. The molecule has 0 radical (unpaired) electrons. The Labute approximate surface area is 124 Å². The van der Waals surface area contributed by atoms with Gasteiger partial charge in [-0.05, 0) is 42.3 Å². The van der Waals surface area contributed by atoms with E-state index in [1.165, 1.54) is 15.6 Å². The molecule has 1 fully saturated rings. The van der Waals surface area contributed by atoms with Crippen LogP contribution in [0.1, 0.15) is 18.2 Å². The number of thiophene rings is 1. The summed E-state index contributed by atoms with van der Waals surface area (Å²) in [6.45, 7) is 3.66. The summed E-state index contributed by atoms with van der Waals surface area (Å²) >= 11 is 4.63. The number of halogens is 1. The first kappa shape index (κ1) is 15.0. The van der Waals surface area contributed by atoms with Gasteiger partial charge in [0.15, 0.2) is 0 Å². The van der Waals surface area contributed by atoms with E-state index in [0.29, 0.717) is 11.3 Å². The summed E-state index contributed by atoms with van der Waals surface area (Å²) in [7, 11) is -3.61. The van der Waals surface area contributed by atoms with Crippen molar-refractivity contribution in [2.75, 3.05) is 6.54 Å². The maximum absolute atomic E-state index is 12.6. The predicted octanol–water partition coefficient (Wildman–Crippen LogP) is 2.30. The quantitative estimate of drug-likeness (QED) is 0.889. The lowest BCUT2D eigenvalue weighted by molar-refractivity contribution is -0.142. The second-order valence-corrected chi connectivity index (χ2v) is 9.06. The molecule has 1 aromatic heterocycles. The van der Waals surface area contributed by atoms with E-state index < -0.39 is 28.0 Å². The van der Waals surface area contributed by atoms with E-state index in [-0.39, 0.29) is 11.4 Å². The molecule has 106 valence electrons. The number of hydrogen-bond acceptors (Lipinski definition) is 4. The van der Waals surface area contributed by atoms with Crippen LogP contribution < -0.4 is 0 Å². The van der Waals surface area contributed by atoms with Crippen LogP contribution >= 0.6 is 27.3 Å². The summed E-state index contributed by atoms with van der Waals surface area (Å²) in [6.07, 6.45) is 0.361. The van der Waals surface area contributed by atoms with Crippen molar-refractivity contribution >= 4 is 43.3 Å². The molecule has 19 heavy (non-hydrogen) atoms. The summed E-state index contributed by atoms with van der Waals surface area (Å²) in [4.78, 5) is 12.0. The molecule has 1 aliphatic heterocycles. The van der Waals surface area contributed by atoms with Gasteiger partial charge in [-0.3, -0.25) is 4.79 Å². The van der Waals surface area contributed by atoms with Gasteiger partial charge < -0.3 is 5.11 Å². The van der Waals surface area contributed by atoms with E-state index >= 15 is 0 Å². The fourth-order valence-corrected chi connectivity index (χ4v) is 6.46. The maximum Gasteiger partial charge on any atom is 0.308 e. The van der Waals surface area contributed by atoms with Crippen molar-refractivity contribution in [2.45, 2.75) is 31.2 Å². The number of hydrogen-bond donors (Lipinski definition) is 1.